The molecule has 4 N–H and O–H groups in total. The molecular formula is C21H23ClF2N4O7. The average Bonchev–Trinajstić information content (AvgIpc) is 3.08. The van der Waals surface area contributed by atoms with E-state index in [0.717, 1.165) is 0 Å². The first-order chi connectivity index (χ1) is 16.2. The molecule has 1 fully saturated rings. The van der Waals surface area contributed by atoms with E-state index in [-0.39, 0.29) is 28.5 Å². The SMILES string of the molecule is CC(=O)Nc1ccc(C(=O)NC(C)C(=O)N2CC(F)(F)CC2C(=O)NC(C=O)CC(=O)O)cc1Cl. The van der Waals surface area contributed by atoms with E-state index in [2.05, 4.69) is 10.6 Å². The van der Waals surface area contributed by atoms with Gasteiger partial charge < -0.3 is 30.8 Å². The molecule has 1 saturated heterocycles. The average molecular weight is 517 g/mol. The molecule has 3 unspecified atom stereocenters. The number of aldehydes is 1. The molecule has 0 saturated carbocycles. The summed E-state index contributed by atoms with van der Waals surface area (Å²) in [4.78, 5) is 71.4. The van der Waals surface area contributed by atoms with Gasteiger partial charge >= 0.3 is 5.97 Å². The zero-order valence-corrected chi connectivity index (χ0v) is 19.4. The molecule has 0 spiro atoms. The van der Waals surface area contributed by atoms with Crippen LogP contribution < -0.4 is 16.0 Å². The number of carbonyl (C=O) groups excluding carboxylic acids is 5. The van der Waals surface area contributed by atoms with E-state index in [1.54, 1.807) is 0 Å². The molecule has 35 heavy (non-hydrogen) atoms. The Morgan fingerprint density at radius 2 is 1.91 bits per heavy atom. The maximum Gasteiger partial charge on any atom is 0.305 e. The van der Waals surface area contributed by atoms with Crippen molar-refractivity contribution in [2.24, 2.45) is 0 Å². The number of benzene rings is 1. The highest BCUT2D eigenvalue weighted by molar-refractivity contribution is 6.34. The highest BCUT2D eigenvalue weighted by Crippen LogP contribution is 2.32. The van der Waals surface area contributed by atoms with Gasteiger partial charge in [0, 0.05) is 18.9 Å². The Morgan fingerprint density at radius 3 is 2.46 bits per heavy atom. The Kier molecular flexibility index (Phi) is 8.85. The maximum atomic E-state index is 14.1. The minimum absolute atomic E-state index is 0.0206. The summed E-state index contributed by atoms with van der Waals surface area (Å²) in [6, 6.07) is -0.546. The number of carboxylic acids is 1. The Labute approximate surface area is 203 Å². The van der Waals surface area contributed by atoms with Gasteiger partial charge in [0.25, 0.3) is 11.8 Å². The normalized spacial score (nSPS) is 18.2. The molecule has 2 rings (SSSR count). The third-order valence-electron chi connectivity index (χ3n) is 5.00. The van der Waals surface area contributed by atoms with Gasteiger partial charge in [-0.1, -0.05) is 11.6 Å². The molecule has 1 heterocycles. The van der Waals surface area contributed by atoms with Crippen LogP contribution in [0, 0.1) is 0 Å². The molecule has 0 aromatic heterocycles. The number of alkyl halides is 2. The first kappa shape index (κ1) is 27.6. The Balaban J connectivity index is 2.12. The minimum Gasteiger partial charge on any atom is -0.481 e. The lowest BCUT2D eigenvalue weighted by Crippen LogP contribution is -2.54. The van der Waals surface area contributed by atoms with Crippen LogP contribution in [0.5, 0.6) is 0 Å². The number of hydrogen-bond acceptors (Lipinski definition) is 6. The van der Waals surface area contributed by atoms with Crippen LogP contribution in [-0.2, 0) is 24.0 Å². The predicted molar refractivity (Wildman–Crippen MR) is 118 cm³/mol. The second-order valence-corrected chi connectivity index (χ2v) is 8.37. The second-order valence-electron chi connectivity index (χ2n) is 7.96. The van der Waals surface area contributed by atoms with E-state index in [1.165, 1.54) is 32.0 Å². The summed E-state index contributed by atoms with van der Waals surface area (Å²) in [6.07, 6.45) is -1.65. The van der Waals surface area contributed by atoms with Gasteiger partial charge in [-0.25, -0.2) is 8.78 Å². The summed E-state index contributed by atoms with van der Waals surface area (Å²) in [5, 5.41) is 15.7. The molecule has 190 valence electrons. The van der Waals surface area contributed by atoms with Crippen LogP contribution in [0.15, 0.2) is 18.2 Å². The van der Waals surface area contributed by atoms with Crippen LogP contribution in [-0.4, -0.2) is 76.5 Å². The van der Waals surface area contributed by atoms with E-state index in [4.69, 9.17) is 16.7 Å². The van der Waals surface area contributed by atoms with Gasteiger partial charge in [0.15, 0.2) is 0 Å². The van der Waals surface area contributed by atoms with Gasteiger partial charge in [-0.15, -0.1) is 0 Å². The molecule has 1 aromatic rings. The smallest absolute Gasteiger partial charge is 0.305 e. The third kappa shape index (κ3) is 7.44. The van der Waals surface area contributed by atoms with Crippen LogP contribution in [0.25, 0.3) is 0 Å². The topological polar surface area (TPSA) is 162 Å². The van der Waals surface area contributed by atoms with Crippen molar-refractivity contribution in [3.63, 3.8) is 0 Å². The molecule has 1 aliphatic heterocycles. The lowest BCUT2D eigenvalue weighted by atomic mass is 10.1. The molecule has 1 aromatic carbocycles. The molecule has 0 radical (unpaired) electrons. The Hall–Kier alpha value is -3.61. The standard InChI is InChI=1S/C21H23ClF2N4O7/c1-10(25-18(33)12-3-4-15(14(22)5-12)26-11(2)30)20(35)28-9-21(23,24)7-16(28)19(34)27-13(8-29)6-17(31)32/h3-5,8,10,13,16H,6-7,9H2,1-2H3,(H,25,33)(H,26,30)(H,27,34)(H,31,32). The maximum absolute atomic E-state index is 14.1. The summed E-state index contributed by atoms with van der Waals surface area (Å²) in [5.74, 6) is -8.07. The minimum atomic E-state index is -3.42. The molecule has 0 bridgehead atoms. The van der Waals surface area contributed by atoms with Crippen LogP contribution in [0.2, 0.25) is 5.02 Å². The van der Waals surface area contributed by atoms with E-state index in [9.17, 15) is 37.5 Å². The fraction of sp³-hybridized carbons (Fsp3) is 0.429. The first-order valence-electron chi connectivity index (χ1n) is 10.3. The summed E-state index contributed by atoms with van der Waals surface area (Å²) in [6.45, 7) is 1.40. The zero-order chi connectivity index (χ0) is 26.5. The number of amides is 4. The molecule has 3 atom stereocenters. The number of anilines is 1. The quantitative estimate of drug-likeness (QED) is 0.353. The number of rotatable bonds is 9. The molecule has 14 heteroatoms. The molecule has 4 amide bonds. The van der Waals surface area contributed by atoms with Crippen LogP contribution in [0.1, 0.15) is 37.0 Å². The molecular weight excluding hydrogens is 494 g/mol. The Morgan fingerprint density at radius 1 is 1.26 bits per heavy atom. The Bertz CT molecular complexity index is 1050. The van der Waals surface area contributed by atoms with Crippen molar-refractivity contribution in [2.45, 2.75) is 50.7 Å². The van der Waals surface area contributed by atoms with Crippen LogP contribution >= 0.6 is 11.6 Å². The van der Waals surface area contributed by atoms with Crippen molar-refractivity contribution >= 4 is 53.2 Å². The number of halogens is 3. The van der Waals surface area contributed by atoms with Gasteiger partial charge in [-0.2, -0.15) is 0 Å². The van der Waals surface area contributed by atoms with Gasteiger partial charge in [0.1, 0.15) is 18.4 Å². The summed E-state index contributed by atoms with van der Waals surface area (Å²) in [7, 11) is 0. The number of nitrogens with one attached hydrogen (secondary N) is 3. The summed E-state index contributed by atoms with van der Waals surface area (Å²) in [5.41, 5.74) is 0.275. The van der Waals surface area contributed by atoms with Crippen molar-refractivity contribution in [1.82, 2.24) is 15.5 Å². The van der Waals surface area contributed by atoms with E-state index >= 15 is 0 Å². The van der Waals surface area contributed by atoms with Crippen LogP contribution in [0.4, 0.5) is 14.5 Å². The fourth-order valence-corrected chi connectivity index (χ4v) is 3.65. The van der Waals surface area contributed by atoms with E-state index < -0.39 is 67.1 Å². The van der Waals surface area contributed by atoms with Crippen molar-refractivity contribution in [1.29, 1.82) is 0 Å². The fourth-order valence-electron chi connectivity index (χ4n) is 3.42. The monoisotopic (exact) mass is 516 g/mol. The second kappa shape index (κ2) is 11.2. The molecule has 1 aliphatic rings. The molecule has 0 aliphatic carbocycles. The van der Waals surface area contributed by atoms with Crippen molar-refractivity contribution in [3.8, 4) is 0 Å². The highest BCUT2D eigenvalue weighted by Gasteiger charge is 2.51. The summed E-state index contributed by atoms with van der Waals surface area (Å²) < 4.78 is 28.2. The largest absolute Gasteiger partial charge is 0.481 e. The van der Waals surface area contributed by atoms with Gasteiger partial charge in [0.05, 0.1) is 29.7 Å². The number of carbonyl (C=O) groups is 6. The van der Waals surface area contributed by atoms with Crippen LogP contribution in [0.3, 0.4) is 0 Å². The third-order valence-corrected chi connectivity index (χ3v) is 5.31. The zero-order valence-electron chi connectivity index (χ0n) is 18.6. The summed E-state index contributed by atoms with van der Waals surface area (Å²) >= 11 is 6.03. The van der Waals surface area contributed by atoms with Crippen molar-refractivity contribution in [2.75, 3.05) is 11.9 Å². The van der Waals surface area contributed by atoms with Gasteiger partial charge in [0.2, 0.25) is 17.7 Å². The van der Waals surface area contributed by atoms with Gasteiger partial charge in [-0.05, 0) is 25.1 Å². The number of aliphatic carboxylic acids is 1. The highest BCUT2D eigenvalue weighted by atomic mass is 35.5. The first-order valence-corrected chi connectivity index (χ1v) is 10.7. The van der Waals surface area contributed by atoms with E-state index in [0.29, 0.717) is 4.90 Å². The number of carboxylic acid groups (broad SMARTS) is 1. The van der Waals surface area contributed by atoms with E-state index in [1.807, 2.05) is 5.32 Å². The number of hydrogen-bond donors (Lipinski definition) is 4. The lowest BCUT2D eigenvalue weighted by Gasteiger charge is -2.27. The van der Waals surface area contributed by atoms with Crippen molar-refractivity contribution < 1.29 is 42.7 Å². The lowest BCUT2D eigenvalue weighted by molar-refractivity contribution is -0.142. The predicted octanol–water partition coefficient (Wildman–Crippen LogP) is 0.811. The number of likely N-dealkylation sites (tertiary alicyclic amines) is 1. The molecule has 11 nitrogen and oxygen atoms in total. The van der Waals surface area contributed by atoms with Crippen molar-refractivity contribution in [3.05, 3.63) is 28.8 Å². The van der Waals surface area contributed by atoms with Gasteiger partial charge in [-0.3, -0.25) is 24.0 Å². The number of nitrogens with zero attached hydrogens (tertiary/aromatic N) is 1.